The van der Waals surface area contributed by atoms with E-state index in [0.29, 0.717) is 23.5 Å². The second-order valence-electron chi connectivity index (χ2n) is 6.40. The number of benzene rings is 2. The van der Waals surface area contributed by atoms with Gasteiger partial charge >= 0.3 is 5.97 Å². The first-order valence-electron chi connectivity index (χ1n) is 9.05. The summed E-state index contributed by atoms with van der Waals surface area (Å²) >= 11 is 0. The molecule has 1 aliphatic rings. The normalized spacial score (nSPS) is 18.4. The van der Waals surface area contributed by atoms with Gasteiger partial charge in [0.15, 0.2) is 6.21 Å². The highest BCUT2D eigenvalue weighted by molar-refractivity contribution is 5.80. The minimum Gasteiger partial charge on any atom is -0.623 e. The third-order valence-electron chi connectivity index (χ3n) is 4.73. The first-order valence-corrected chi connectivity index (χ1v) is 9.05. The maximum Gasteiger partial charge on any atom is 0.378 e. The standard InChI is InChI=1S/C21H24N2O5/c1-26-18-10-8-17(9-11-18)22-12-13-28-15-19(22)20(21(24)27-2)23(25)14-16-6-4-3-5-7-16/h3-11,14,19-20H,12-13,15H2,1-2H3/b23-14-. The van der Waals surface area contributed by atoms with Gasteiger partial charge in [0.25, 0.3) is 6.04 Å². The average Bonchev–Trinajstić information content (AvgIpc) is 2.75. The summed E-state index contributed by atoms with van der Waals surface area (Å²) in [6, 6.07) is 15.1. The van der Waals surface area contributed by atoms with Crippen LogP contribution in [0.2, 0.25) is 0 Å². The van der Waals surface area contributed by atoms with Gasteiger partial charge in [0.2, 0.25) is 0 Å². The fourth-order valence-corrected chi connectivity index (χ4v) is 3.30. The molecule has 0 saturated carbocycles. The topological polar surface area (TPSA) is 74.1 Å². The van der Waals surface area contributed by atoms with E-state index in [1.165, 1.54) is 13.3 Å². The smallest absolute Gasteiger partial charge is 0.378 e. The number of morpholine rings is 1. The SMILES string of the molecule is COC(=O)C(C1COCCN1c1ccc(OC)cc1)/[N+]([O-])=C/c1ccccc1. The lowest BCUT2D eigenvalue weighted by atomic mass is 10.0. The van der Waals surface area contributed by atoms with Crippen molar-refractivity contribution in [1.29, 1.82) is 0 Å². The van der Waals surface area contributed by atoms with Crippen LogP contribution in [-0.2, 0) is 14.3 Å². The Labute approximate surface area is 164 Å². The molecule has 0 aliphatic carbocycles. The summed E-state index contributed by atoms with van der Waals surface area (Å²) < 4.78 is 16.4. The molecule has 0 spiro atoms. The molecule has 28 heavy (non-hydrogen) atoms. The lowest BCUT2D eigenvalue weighted by Gasteiger charge is -2.39. The van der Waals surface area contributed by atoms with Crippen molar-refractivity contribution < 1.29 is 23.7 Å². The molecule has 0 N–H and O–H groups in total. The number of carbonyl (C=O) groups excluding carboxylic acids is 1. The molecule has 2 atom stereocenters. The van der Waals surface area contributed by atoms with Crippen LogP contribution >= 0.6 is 0 Å². The van der Waals surface area contributed by atoms with Gasteiger partial charge in [-0.25, -0.2) is 4.79 Å². The van der Waals surface area contributed by atoms with Gasteiger partial charge in [-0.1, -0.05) is 18.2 Å². The molecule has 148 valence electrons. The van der Waals surface area contributed by atoms with Crippen LogP contribution in [0.1, 0.15) is 5.56 Å². The van der Waals surface area contributed by atoms with E-state index in [2.05, 4.69) is 0 Å². The average molecular weight is 384 g/mol. The van der Waals surface area contributed by atoms with Gasteiger partial charge in [-0.05, 0) is 36.4 Å². The van der Waals surface area contributed by atoms with Crippen molar-refractivity contribution in [2.24, 2.45) is 0 Å². The van der Waals surface area contributed by atoms with Crippen molar-refractivity contribution >= 4 is 17.9 Å². The van der Waals surface area contributed by atoms with Crippen LogP contribution in [0.15, 0.2) is 54.6 Å². The molecule has 1 heterocycles. The van der Waals surface area contributed by atoms with Gasteiger partial charge in [-0.3, -0.25) is 0 Å². The summed E-state index contributed by atoms with van der Waals surface area (Å²) in [5.74, 6) is 0.136. The number of ether oxygens (including phenoxy) is 3. The molecule has 1 fully saturated rings. The molecule has 1 saturated heterocycles. The number of carbonyl (C=O) groups is 1. The van der Waals surface area contributed by atoms with Gasteiger partial charge < -0.3 is 24.3 Å². The van der Waals surface area contributed by atoms with Crippen LogP contribution < -0.4 is 9.64 Å². The van der Waals surface area contributed by atoms with Crippen LogP contribution in [0.25, 0.3) is 0 Å². The van der Waals surface area contributed by atoms with Crippen molar-refractivity contribution in [2.75, 3.05) is 38.9 Å². The minimum atomic E-state index is -1.06. The van der Waals surface area contributed by atoms with Crippen molar-refractivity contribution in [2.45, 2.75) is 12.1 Å². The maximum absolute atomic E-state index is 12.9. The van der Waals surface area contributed by atoms with E-state index in [9.17, 15) is 10.0 Å². The lowest BCUT2D eigenvalue weighted by molar-refractivity contribution is -0.489. The Balaban J connectivity index is 1.94. The molecule has 2 aromatic rings. The molecule has 2 aromatic carbocycles. The van der Waals surface area contributed by atoms with Crippen LogP contribution in [0.4, 0.5) is 5.69 Å². The zero-order valence-electron chi connectivity index (χ0n) is 16.0. The maximum atomic E-state index is 12.9. The number of nitrogens with zero attached hydrogens (tertiary/aromatic N) is 2. The third-order valence-corrected chi connectivity index (χ3v) is 4.73. The number of anilines is 1. The fraction of sp³-hybridized carbons (Fsp3) is 0.333. The quantitative estimate of drug-likeness (QED) is 0.250. The highest BCUT2D eigenvalue weighted by atomic mass is 16.5. The zero-order valence-corrected chi connectivity index (χ0v) is 16.0. The predicted octanol–water partition coefficient (Wildman–Crippen LogP) is 2.07. The Kier molecular flexibility index (Phi) is 6.49. The molecule has 1 aliphatic heterocycles. The van der Waals surface area contributed by atoms with Gasteiger partial charge in [0, 0.05) is 17.8 Å². The van der Waals surface area contributed by atoms with Crippen LogP contribution in [0.3, 0.4) is 0 Å². The molecule has 0 radical (unpaired) electrons. The summed E-state index contributed by atoms with van der Waals surface area (Å²) in [5, 5.41) is 12.9. The summed E-state index contributed by atoms with van der Waals surface area (Å²) in [6.07, 6.45) is 1.41. The number of hydroxylamine groups is 1. The highest BCUT2D eigenvalue weighted by Gasteiger charge is 2.42. The highest BCUT2D eigenvalue weighted by Crippen LogP contribution is 2.25. The number of rotatable bonds is 6. The van der Waals surface area contributed by atoms with Gasteiger partial charge in [0.1, 0.15) is 11.8 Å². The minimum absolute atomic E-state index is 0.243. The summed E-state index contributed by atoms with van der Waals surface area (Å²) in [5.41, 5.74) is 1.59. The fourth-order valence-electron chi connectivity index (χ4n) is 3.30. The van der Waals surface area contributed by atoms with Gasteiger partial charge in [-0.15, -0.1) is 0 Å². The van der Waals surface area contributed by atoms with E-state index in [4.69, 9.17) is 14.2 Å². The van der Waals surface area contributed by atoms with E-state index >= 15 is 0 Å². The van der Waals surface area contributed by atoms with Crippen molar-refractivity contribution in [3.8, 4) is 5.75 Å². The summed E-state index contributed by atoms with van der Waals surface area (Å²) in [6.45, 7) is 1.31. The van der Waals surface area contributed by atoms with Crippen LogP contribution in [0, 0.1) is 5.21 Å². The van der Waals surface area contributed by atoms with E-state index in [-0.39, 0.29) is 6.61 Å². The Morgan fingerprint density at radius 1 is 1.21 bits per heavy atom. The molecular weight excluding hydrogens is 360 g/mol. The molecule has 2 unspecified atom stereocenters. The van der Waals surface area contributed by atoms with E-state index in [1.807, 2.05) is 47.4 Å². The second-order valence-corrected chi connectivity index (χ2v) is 6.40. The number of hydrogen-bond donors (Lipinski definition) is 0. The zero-order chi connectivity index (χ0) is 19.9. The monoisotopic (exact) mass is 384 g/mol. The molecule has 7 nitrogen and oxygen atoms in total. The molecule has 0 aromatic heterocycles. The number of esters is 1. The summed E-state index contributed by atoms with van der Waals surface area (Å²) in [7, 11) is 2.89. The molecule has 3 rings (SSSR count). The first kappa shape index (κ1) is 19.7. The third kappa shape index (κ3) is 4.43. The molecule has 0 amide bonds. The molecular formula is C21H24N2O5. The number of methoxy groups -OCH3 is 2. The van der Waals surface area contributed by atoms with Crippen molar-refractivity contribution in [3.63, 3.8) is 0 Å². The Bertz CT molecular complexity index is 807. The first-order chi connectivity index (χ1) is 13.6. The van der Waals surface area contributed by atoms with E-state index in [1.54, 1.807) is 19.2 Å². The Morgan fingerprint density at radius 2 is 1.93 bits per heavy atom. The second kappa shape index (κ2) is 9.23. The van der Waals surface area contributed by atoms with Crippen molar-refractivity contribution in [1.82, 2.24) is 0 Å². The number of hydrogen-bond acceptors (Lipinski definition) is 6. The van der Waals surface area contributed by atoms with E-state index < -0.39 is 18.1 Å². The molecule has 0 bridgehead atoms. The van der Waals surface area contributed by atoms with Crippen LogP contribution in [0.5, 0.6) is 5.75 Å². The van der Waals surface area contributed by atoms with Gasteiger partial charge in [0.05, 0.1) is 27.4 Å². The largest absolute Gasteiger partial charge is 0.623 e. The molecule has 7 heteroatoms. The van der Waals surface area contributed by atoms with Crippen LogP contribution in [-0.4, -0.2) is 63.0 Å². The van der Waals surface area contributed by atoms with E-state index in [0.717, 1.165) is 11.4 Å². The predicted molar refractivity (Wildman–Crippen MR) is 106 cm³/mol. The summed E-state index contributed by atoms with van der Waals surface area (Å²) in [4.78, 5) is 14.5. The van der Waals surface area contributed by atoms with Crippen molar-refractivity contribution in [3.05, 3.63) is 65.4 Å². The lowest BCUT2D eigenvalue weighted by Crippen LogP contribution is -2.57. The van der Waals surface area contributed by atoms with Gasteiger partial charge in [-0.2, -0.15) is 4.74 Å². The Morgan fingerprint density at radius 3 is 2.57 bits per heavy atom. The Hall–Kier alpha value is -3.06.